The molecule has 2 aliphatic rings. The lowest BCUT2D eigenvalue weighted by Crippen LogP contribution is -2.48. The van der Waals surface area contributed by atoms with Crippen LogP contribution in [0.1, 0.15) is 26.3 Å². The minimum Gasteiger partial charge on any atom is -0.445 e. The van der Waals surface area contributed by atoms with Crippen LogP contribution >= 0.6 is 0 Å². The van der Waals surface area contributed by atoms with Crippen LogP contribution in [0.25, 0.3) is 11.1 Å². The first-order chi connectivity index (χ1) is 16.9. The standard InChI is InChI=1S/C29H32N2O4/c1-20-26-27(35-29(2,3)34-26)25(31(20)28(32)33-19-21-10-6-4-7-11-21)18-30-24-16-14-23(15-17-24)22-12-8-5-9-13-22/h4-17,20,25-27,30H,18-19H2,1-3H3/t20-,25-,26+,27-/m0/s1. The van der Waals surface area contributed by atoms with Crippen molar-refractivity contribution in [2.45, 2.75) is 57.5 Å². The van der Waals surface area contributed by atoms with Gasteiger partial charge < -0.3 is 19.5 Å². The van der Waals surface area contributed by atoms with E-state index in [1.54, 1.807) is 4.90 Å². The number of nitrogens with zero attached hydrogens (tertiary/aromatic N) is 1. The van der Waals surface area contributed by atoms with Crippen LogP contribution in [0.5, 0.6) is 0 Å². The van der Waals surface area contributed by atoms with E-state index < -0.39 is 5.79 Å². The highest BCUT2D eigenvalue weighted by Crippen LogP contribution is 2.40. The fourth-order valence-electron chi connectivity index (χ4n) is 5.05. The monoisotopic (exact) mass is 472 g/mol. The number of carbonyl (C=O) groups is 1. The summed E-state index contributed by atoms with van der Waals surface area (Å²) in [6, 6.07) is 27.9. The van der Waals surface area contributed by atoms with Crippen LogP contribution in [0.4, 0.5) is 10.5 Å². The third-order valence-corrected chi connectivity index (χ3v) is 6.74. The second-order valence-electron chi connectivity index (χ2n) is 9.64. The fourth-order valence-corrected chi connectivity index (χ4v) is 5.05. The van der Waals surface area contributed by atoms with Crippen molar-refractivity contribution in [2.24, 2.45) is 0 Å². The van der Waals surface area contributed by atoms with Gasteiger partial charge in [-0.05, 0) is 49.6 Å². The number of anilines is 1. The van der Waals surface area contributed by atoms with Crippen LogP contribution in [0.2, 0.25) is 0 Å². The Morgan fingerprint density at radius 1 is 0.886 bits per heavy atom. The third kappa shape index (κ3) is 5.04. The maximum atomic E-state index is 13.2. The van der Waals surface area contributed by atoms with Gasteiger partial charge in [0, 0.05) is 12.2 Å². The van der Waals surface area contributed by atoms with E-state index in [2.05, 4.69) is 41.7 Å². The zero-order chi connectivity index (χ0) is 24.4. The zero-order valence-electron chi connectivity index (χ0n) is 20.4. The van der Waals surface area contributed by atoms with Gasteiger partial charge in [0.1, 0.15) is 18.8 Å². The Kier molecular flexibility index (Phi) is 6.50. The van der Waals surface area contributed by atoms with Crippen molar-refractivity contribution >= 4 is 11.8 Å². The van der Waals surface area contributed by atoms with Crippen LogP contribution < -0.4 is 5.32 Å². The molecule has 1 amide bonds. The smallest absolute Gasteiger partial charge is 0.410 e. The first kappa shape index (κ1) is 23.4. The number of ether oxygens (including phenoxy) is 3. The van der Waals surface area contributed by atoms with Crippen molar-refractivity contribution in [3.05, 3.63) is 90.5 Å². The molecule has 6 heteroatoms. The molecule has 2 heterocycles. The van der Waals surface area contributed by atoms with Crippen LogP contribution in [0.3, 0.4) is 0 Å². The van der Waals surface area contributed by atoms with Crippen molar-refractivity contribution in [1.82, 2.24) is 4.90 Å². The highest BCUT2D eigenvalue weighted by molar-refractivity contribution is 5.70. The lowest BCUT2D eigenvalue weighted by Gasteiger charge is -2.32. The lowest BCUT2D eigenvalue weighted by atomic mass is 10.1. The SMILES string of the molecule is C[C@H]1[C@H]2OC(C)(C)O[C@H]2[C@H](CNc2ccc(-c3ccccc3)cc2)N1C(=O)OCc1ccccc1. The largest absolute Gasteiger partial charge is 0.445 e. The normalized spacial score (nSPS) is 24.7. The molecule has 6 nitrogen and oxygen atoms in total. The quantitative estimate of drug-likeness (QED) is 0.499. The van der Waals surface area contributed by atoms with E-state index in [0.29, 0.717) is 6.54 Å². The van der Waals surface area contributed by atoms with E-state index in [4.69, 9.17) is 14.2 Å². The predicted octanol–water partition coefficient (Wildman–Crippen LogP) is 5.70. The molecule has 2 saturated heterocycles. The first-order valence-electron chi connectivity index (χ1n) is 12.2. The molecule has 0 unspecified atom stereocenters. The minimum atomic E-state index is -0.681. The van der Waals surface area contributed by atoms with Gasteiger partial charge in [0.05, 0.1) is 12.1 Å². The minimum absolute atomic E-state index is 0.169. The summed E-state index contributed by atoms with van der Waals surface area (Å²) in [6.45, 7) is 6.59. The molecular formula is C29H32N2O4. The average molecular weight is 473 g/mol. The molecule has 0 aromatic heterocycles. The molecule has 0 radical (unpaired) electrons. The summed E-state index contributed by atoms with van der Waals surface area (Å²) in [5.41, 5.74) is 4.27. The number of likely N-dealkylation sites (tertiary alicyclic amines) is 1. The zero-order valence-corrected chi connectivity index (χ0v) is 20.4. The Hall–Kier alpha value is -3.35. The molecule has 4 atom stereocenters. The Bertz CT molecular complexity index is 1130. The van der Waals surface area contributed by atoms with Gasteiger partial charge in [-0.2, -0.15) is 0 Å². The molecule has 0 spiro atoms. The topological polar surface area (TPSA) is 60.0 Å². The van der Waals surface area contributed by atoms with Crippen molar-refractivity contribution in [3.63, 3.8) is 0 Å². The van der Waals surface area contributed by atoms with Crippen LogP contribution in [0.15, 0.2) is 84.9 Å². The number of nitrogens with one attached hydrogen (secondary N) is 1. The highest BCUT2D eigenvalue weighted by Gasteiger charge is 2.58. The summed E-state index contributed by atoms with van der Waals surface area (Å²) in [5, 5.41) is 3.50. The molecule has 0 saturated carbocycles. The number of carbonyl (C=O) groups excluding carboxylic acids is 1. The number of amides is 1. The summed E-state index contributed by atoms with van der Waals surface area (Å²) in [7, 11) is 0. The van der Waals surface area contributed by atoms with Crippen molar-refractivity contribution in [3.8, 4) is 11.1 Å². The second kappa shape index (κ2) is 9.72. The van der Waals surface area contributed by atoms with Crippen molar-refractivity contribution in [1.29, 1.82) is 0 Å². The summed E-state index contributed by atoms with van der Waals surface area (Å²) >= 11 is 0. The van der Waals surface area contributed by atoms with Gasteiger partial charge in [-0.15, -0.1) is 0 Å². The molecule has 0 aliphatic carbocycles. The first-order valence-corrected chi connectivity index (χ1v) is 12.2. The Labute approximate surface area is 206 Å². The Morgan fingerprint density at radius 2 is 1.49 bits per heavy atom. The summed E-state index contributed by atoms with van der Waals surface area (Å²) in [6.07, 6.45) is -0.797. The Balaban J connectivity index is 1.29. The number of hydrogen-bond donors (Lipinski definition) is 1. The maximum absolute atomic E-state index is 13.2. The van der Waals surface area contributed by atoms with E-state index in [9.17, 15) is 4.79 Å². The molecule has 3 aromatic rings. The number of rotatable bonds is 6. The van der Waals surface area contributed by atoms with Crippen molar-refractivity contribution < 1.29 is 19.0 Å². The molecule has 2 fully saturated rings. The van der Waals surface area contributed by atoms with Gasteiger partial charge in [-0.25, -0.2) is 4.79 Å². The van der Waals surface area contributed by atoms with Gasteiger partial charge in [-0.1, -0.05) is 72.8 Å². The third-order valence-electron chi connectivity index (χ3n) is 6.74. The summed E-state index contributed by atoms with van der Waals surface area (Å²) in [5.74, 6) is -0.681. The highest BCUT2D eigenvalue weighted by atomic mass is 16.8. The van der Waals surface area contributed by atoms with E-state index in [1.807, 2.05) is 69.3 Å². The van der Waals surface area contributed by atoms with Gasteiger partial charge in [-0.3, -0.25) is 4.90 Å². The van der Waals surface area contributed by atoms with E-state index in [1.165, 1.54) is 5.56 Å². The van der Waals surface area contributed by atoms with Gasteiger partial charge >= 0.3 is 6.09 Å². The van der Waals surface area contributed by atoms with E-state index in [0.717, 1.165) is 16.8 Å². The molecule has 182 valence electrons. The van der Waals surface area contributed by atoms with Crippen LogP contribution in [-0.4, -0.2) is 47.6 Å². The molecule has 0 bridgehead atoms. The molecule has 2 aliphatic heterocycles. The van der Waals surface area contributed by atoms with Crippen LogP contribution in [-0.2, 0) is 20.8 Å². The molecule has 35 heavy (non-hydrogen) atoms. The number of fused-ring (bicyclic) bond motifs is 1. The van der Waals surface area contributed by atoms with E-state index in [-0.39, 0.29) is 37.0 Å². The Morgan fingerprint density at radius 3 is 2.17 bits per heavy atom. The van der Waals surface area contributed by atoms with Gasteiger partial charge in [0.15, 0.2) is 5.79 Å². The average Bonchev–Trinajstić information content (AvgIpc) is 3.33. The number of hydrogen-bond acceptors (Lipinski definition) is 5. The summed E-state index contributed by atoms with van der Waals surface area (Å²) < 4.78 is 18.1. The maximum Gasteiger partial charge on any atom is 0.410 e. The second-order valence-corrected chi connectivity index (χ2v) is 9.64. The van der Waals surface area contributed by atoms with E-state index >= 15 is 0 Å². The summed E-state index contributed by atoms with van der Waals surface area (Å²) in [4.78, 5) is 15.0. The molecular weight excluding hydrogens is 440 g/mol. The lowest BCUT2D eigenvalue weighted by molar-refractivity contribution is -0.164. The number of benzene rings is 3. The molecule has 1 N–H and O–H groups in total. The van der Waals surface area contributed by atoms with Gasteiger partial charge in [0.25, 0.3) is 0 Å². The predicted molar refractivity (Wildman–Crippen MR) is 136 cm³/mol. The van der Waals surface area contributed by atoms with Crippen molar-refractivity contribution in [2.75, 3.05) is 11.9 Å². The fraction of sp³-hybridized carbons (Fsp3) is 0.345. The van der Waals surface area contributed by atoms with Crippen LogP contribution in [0, 0.1) is 0 Å². The molecule has 3 aromatic carbocycles. The molecule has 5 rings (SSSR count). The van der Waals surface area contributed by atoms with Gasteiger partial charge in [0.2, 0.25) is 0 Å².